The van der Waals surface area contributed by atoms with Crippen molar-refractivity contribution in [3.05, 3.63) is 70.6 Å². The van der Waals surface area contributed by atoms with Crippen LogP contribution in [-0.4, -0.2) is 32.7 Å². The highest BCUT2D eigenvalue weighted by molar-refractivity contribution is 7.21. The van der Waals surface area contributed by atoms with Crippen molar-refractivity contribution < 1.29 is 4.74 Å². The van der Waals surface area contributed by atoms with Gasteiger partial charge in [0.25, 0.3) is 5.56 Å². The standard InChI is InChI=1S/C22H19N5O2S/c1-29-12-6-11-27-19(23)14(21-24-16-7-2-3-8-17(16)30-21)13-15-20(27)25-18-9-4-5-10-26(18)22(15)28/h2-5,7-10,13,23H,6,11-12H2,1H3. The molecule has 0 aliphatic heterocycles. The fraction of sp³-hybridized carbons (Fsp3) is 0.182. The second-order valence-corrected chi connectivity index (χ2v) is 8.01. The molecule has 0 saturated carbocycles. The summed E-state index contributed by atoms with van der Waals surface area (Å²) in [5, 5.41) is 10.1. The average Bonchev–Trinajstić information content (AvgIpc) is 3.19. The van der Waals surface area contributed by atoms with E-state index in [1.54, 1.807) is 30.0 Å². The molecule has 4 aromatic heterocycles. The summed E-state index contributed by atoms with van der Waals surface area (Å²) < 4.78 is 9.57. The Morgan fingerprint density at radius 1 is 1.13 bits per heavy atom. The number of nitrogens with one attached hydrogen (secondary N) is 1. The van der Waals surface area contributed by atoms with Crippen LogP contribution in [0.2, 0.25) is 0 Å². The average molecular weight is 417 g/mol. The molecular weight excluding hydrogens is 398 g/mol. The SMILES string of the molecule is COCCCn1c(=N)c(-c2nc3ccccc3s2)cc2c(=O)n3ccccc3nc21. The number of aryl methyl sites for hydroxylation is 1. The lowest BCUT2D eigenvalue weighted by Gasteiger charge is -2.13. The van der Waals surface area contributed by atoms with Gasteiger partial charge in [0.1, 0.15) is 21.8 Å². The van der Waals surface area contributed by atoms with E-state index >= 15 is 0 Å². The number of benzene rings is 1. The van der Waals surface area contributed by atoms with Crippen LogP contribution in [0.15, 0.2) is 59.5 Å². The van der Waals surface area contributed by atoms with Crippen molar-refractivity contribution >= 4 is 38.2 Å². The van der Waals surface area contributed by atoms with Crippen LogP contribution in [0.25, 0.3) is 37.5 Å². The first kappa shape index (κ1) is 18.7. The highest BCUT2D eigenvalue weighted by Gasteiger charge is 2.16. The van der Waals surface area contributed by atoms with Gasteiger partial charge in [-0.15, -0.1) is 11.3 Å². The number of para-hydroxylation sites is 1. The quantitative estimate of drug-likeness (QED) is 0.351. The van der Waals surface area contributed by atoms with Gasteiger partial charge < -0.3 is 9.30 Å². The van der Waals surface area contributed by atoms with Crippen LogP contribution < -0.4 is 11.0 Å². The number of nitrogens with zero attached hydrogens (tertiary/aromatic N) is 4. The predicted molar refractivity (Wildman–Crippen MR) is 118 cm³/mol. The molecule has 150 valence electrons. The lowest BCUT2D eigenvalue weighted by molar-refractivity contribution is 0.190. The molecule has 0 radical (unpaired) electrons. The maximum absolute atomic E-state index is 13.2. The van der Waals surface area contributed by atoms with Crippen molar-refractivity contribution in [2.75, 3.05) is 13.7 Å². The summed E-state index contributed by atoms with van der Waals surface area (Å²) in [5.74, 6) is 0. The van der Waals surface area contributed by atoms with Crippen molar-refractivity contribution in [1.82, 2.24) is 18.9 Å². The molecule has 5 aromatic rings. The van der Waals surface area contributed by atoms with Crippen molar-refractivity contribution in [2.45, 2.75) is 13.0 Å². The highest BCUT2D eigenvalue weighted by atomic mass is 32.1. The summed E-state index contributed by atoms with van der Waals surface area (Å²) in [6.45, 7) is 1.09. The van der Waals surface area contributed by atoms with Gasteiger partial charge >= 0.3 is 0 Å². The van der Waals surface area contributed by atoms with E-state index in [9.17, 15) is 4.79 Å². The molecule has 0 bridgehead atoms. The molecule has 4 heterocycles. The summed E-state index contributed by atoms with van der Waals surface area (Å²) >= 11 is 1.52. The van der Waals surface area contributed by atoms with E-state index in [-0.39, 0.29) is 5.56 Å². The van der Waals surface area contributed by atoms with Crippen LogP contribution in [0.1, 0.15) is 6.42 Å². The Bertz CT molecular complexity index is 1480. The van der Waals surface area contributed by atoms with Crippen molar-refractivity contribution in [3.8, 4) is 10.6 Å². The zero-order chi connectivity index (χ0) is 20.7. The number of hydrogen-bond acceptors (Lipinski definition) is 6. The zero-order valence-corrected chi connectivity index (χ0v) is 17.1. The van der Waals surface area contributed by atoms with Crippen LogP contribution >= 0.6 is 11.3 Å². The second-order valence-electron chi connectivity index (χ2n) is 6.97. The van der Waals surface area contributed by atoms with E-state index in [0.29, 0.717) is 47.3 Å². The molecule has 7 nitrogen and oxygen atoms in total. The van der Waals surface area contributed by atoms with Gasteiger partial charge in [0.05, 0.1) is 21.2 Å². The number of aromatic nitrogens is 4. The Morgan fingerprint density at radius 3 is 2.80 bits per heavy atom. The van der Waals surface area contributed by atoms with Gasteiger partial charge in [-0.1, -0.05) is 18.2 Å². The first-order chi connectivity index (χ1) is 14.7. The zero-order valence-electron chi connectivity index (χ0n) is 16.3. The van der Waals surface area contributed by atoms with Gasteiger partial charge in [0.2, 0.25) is 0 Å². The van der Waals surface area contributed by atoms with E-state index in [1.165, 1.54) is 15.7 Å². The largest absolute Gasteiger partial charge is 0.385 e. The lowest BCUT2D eigenvalue weighted by atomic mass is 10.2. The van der Waals surface area contributed by atoms with Gasteiger partial charge in [0, 0.05) is 26.5 Å². The number of pyridine rings is 2. The van der Waals surface area contributed by atoms with E-state index < -0.39 is 0 Å². The summed E-state index contributed by atoms with van der Waals surface area (Å²) in [7, 11) is 1.65. The molecule has 5 rings (SSSR count). The summed E-state index contributed by atoms with van der Waals surface area (Å²) in [4.78, 5) is 22.7. The number of rotatable bonds is 5. The Morgan fingerprint density at radius 2 is 1.97 bits per heavy atom. The number of methoxy groups -OCH3 is 1. The molecule has 0 atom stereocenters. The van der Waals surface area contributed by atoms with Crippen LogP contribution in [0.5, 0.6) is 0 Å². The minimum atomic E-state index is -0.154. The molecule has 0 aliphatic carbocycles. The first-order valence-electron chi connectivity index (χ1n) is 9.62. The van der Waals surface area contributed by atoms with Crippen LogP contribution in [0, 0.1) is 5.41 Å². The summed E-state index contributed by atoms with van der Waals surface area (Å²) in [6, 6.07) is 15.1. The molecule has 0 amide bonds. The van der Waals surface area contributed by atoms with Gasteiger partial charge in [-0.05, 0) is 36.8 Å². The topological polar surface area (TPSA) is 85.3 Å². The summed E-state index contributed by atoms with van der Waals surface area (Å²) in [5.41, 5.74) is 2.73. The Hall–Kier alpha value is -3.36. The number of fused-ring (bicyclic) bond motifs is 3. The number of hydrogen-bond donors (Lipinski definition) is 1. The van der Waals surface area contributed by atoms with E-state index in [0.717, 1.165) is 15.2 Å². The van der Waals surface area contributed by atoms with Crippen molar-refractivity contribution in [2.24, 2.45) is 0 Å². The molecular formula is C22H19N5O2S. The second kappa shape index (κ2) is 7.47. The Kier molecular flexibility index (Phi) is 4.65. The monoisotopic (exact) mass is 417 g/mol. The molecule has 1 N–H and O–H groups in total. The fourth-order valence-corrected chi connectivity index (χ4v) is 4.60. The van der Waals surface area contributed by atoms with Crippen molar-refractivity contribution in [3.63, 3.8) is 0 Å². The molecule has 0 aliphatic rings. The van der Waals surface area contributed by atoms with Crippen LogP contribution in [-0.2, 0) is 11.3 Å². The van der Waals surface area contributed by atoms with Crippen LogP contribution in [0.4, 0.5) is 0 Å². The van der Waals surface area contributed by atoms with E-state index in [2.05, 4.69) is 0 Å². The minimum Gasteiger partial charge on any atom is -0.385 e. The van der Waals surface area contributed by atoms with E-state index in [1.807, 2.05) is 36.4 Å². The third-order valence-electron chi connectivity index (χ3n) is 5.07. The highest BCUT2D eigenvalue weighted by Crippen LogP contribution is 2.29. The van der Waals surface area contributed by atoms with Gasteiger partial charge in [-0.25, -0.2) is 9.97 Å². The Labute approximate surface area is 175 Å². The lowest BCUT2D eigenvalue weighted by Crippen LogP contribution is -2.27. The molecule has 0 fully saturated rings. The predicted octanol–water partition coefficient (Wildman–Crippen LogP) is 3.44. The molecule has 0 unspecified atom stereocenters. The minimum absolute atomic E-state index is 0.154. The number of ether oxygens (including phenoxy) is 1. The van der Waals surface area contributed by atoms with Gasteiger partial charge in [-0.3, -0.25) is 14.6 Å². The Balaban J connectivity index is 1.83. The first-order valence-corrected chi connectivity index (χ1v) is 10.4. The molecule has 8 heteroatoms. The maximum Gasteiger partial charge on any atom is 0.267 e. The van der Waals surface area contributed by atoms with Gasteiger partial charge in [-0.2, -0.15) is 0 Å². The molecule has 0 spiro atoms. The normalized spacial score (nSPS) is 11.6. The van der Waals surface area contributed by atoms with E-state index in [4.69, 9.17) is 20.1 Å². The molecule has 0 saturated heterocycles. The maximum atomic E-state index is 13.2. The molecule has 30 heavy (non-hydrogen) atoms. The van der Waals surface area contributed by atoms with Crippen molar-refractivity contribution in [1.29, 1.82) is 5.41 Å². The third kappa shape index (κ3) is 3.01. The summed E-state index contributed by atoms with van der Waals surface area (Å²) in [6.07, 6.45) is 2.42. The third-order valence-corrected chi connectivity index (χ3v) is 6.14. The molecule has 1 aromatic carbocycles. The smallest absolute Gasteiger partial charge is 0.267 e. The fourth-order valence-electron chi connectivity index (χ4n) is 3.62. The number of thiazole rings is 1. The van der Waals surface area contributed by atoms with Gasteiger partial charge in [0.15, 0.2) is 0 Å². The van der Waals surface area contributed by atoms with Crippen LogP contribution in [0.3, 0.4) is 0 Å².